The number of thioether (sulfide) groups is 1. The molecule has 0 aliphatic carbocycles. The summed E-state index contributed by atoms with van der Waals surface area (Å²) in [5.41, 5.74) is 1.70. The molecule has 0 bridgehead atoms. The third kappa shape index (κ3) is 4.53. The number of nitrogens with one attached hydrogen (secondary N) is 1. The predicted octanol–water partition coefficient (Wildman–Crippen LogP) is 3.74. The van der Waals surface area contributed by atoms with Gasteiger partial charge in [0.15, 0.2) is 0 Å². The molecule has 1 amide bonds. The first-order chi connectivity index (χ1) is 10.2. The molecule has 0 radical (unpaired) electrons. The van der Waals surface area contributed by atoms with E-state index in [2.05, 4.69) is 5.32 Å². The van der Waals surface area contributed by atoms with Crippen molar-refractivity contribution in [1.82, 2.24) is 5.32 Å². The molecule has 2 aromatic carbocycles. The minimum absolute atomic E-state index is 0.0653. The van der Waals surface area contributed by atoms with Crippen LogP contribution in [-0.4, -0.2) is 18.8 Å². The average molecular weight is 301 g/mol. The van der Waals surface area contributed by atoms with E-state index in [4.69, 9.17) is 4.74 Å². The van der Waals surface area contributed by atoms with Crippen LogP contribution in [0.5, 0.6) is 5.75 Å². The van der Waals surface area contributed by atoms with Gasteiger partial charge >= 0.3 is 0 Å². The highest BCUT2D eigenvalue weighted by molar-refractivity contribution is 7.98. The molecule has 0 spiro atoms. The average Bonchev–Trinajstić information content (AvgIpc) is 2.53. The first kappa shape index (κ1) is 15.4. The molecule has 21 heavy (non-hydrogen) atoms. The zero-order valence-electron chi connectivity index (χ0n) is 12.3. The first-order valence-electron chi connectivity index (χ1n) is 6.87. The van der Waals surface area contributed by atoms with Gasteiger partial charge in [0, 0.05) is 17.0 Å². The summed E-state index contributed by atoms with van der Waals surface area (Å²) in [4.78, 5) is 13.2. The number of hydrogen-bond acceptors (Lipinski definition) is 3. The second-order valence-electron chi connectivity index (χ2n) is 4.49. The van der Waals surface area contributed by atoms with E-state index in [1.807, 2.05) is 61.7 Å². The largest absolute Gasteiger partial charge is 0.494 e. The molecule has 0 atom stereocenters. The zero-order valence-corrected chi connectivity index (χ0v) is 13.1. The molecule has 2 aromatic rings. The molecule has 0 saturated carbocycles. The van der Waals surface area contributed by atoms with Gasteiger partial charge in [0.1, 0.15) is 5.75 Å². The van der Waals surface area contributed by atoms with Crippen molar-refractivity contribution >= 4 is 17.7 Å². The summed E-state index contributed by atoms with van der Waals surface area (Å²) in [7, 11) is 0. The van der Waals surface area contributed by atoms with Gasteiger partial charge < -0.3 is 10.1 Å². The van der Waals surface area contributed by atoms with Gasteiger partial charge in [-0.25, -0.2) is 0 Å². The lowest BCUT2D eigenvalue weighted by Gasteiger charge is -2.08. The molecule has 0 aromatic heterocycles. The van der Waals surface area contributed by atoms with Gasteiger partial charge in [-0.05, 0) is 55.1 Å². The van der Waals surface area contributed by atoms with Crippen LogP contribution < -0.4 is 10.1 Å². The minimum atomic E-state index is -0.0653. The summed E-state index contributed by atoms with van der Waals surface area (Å²) in [6.45, 7) is 3.08. The van der Waals surface area contributed by atoms with Crippen LogP contribution in [0.25, 0.3) is 0 Å². The standard InChI is InChI=1S/C17H19NO2S/c1-3-20-15-6-4-5-13(11-15)12-18-17(19)14-7-9-16(21-2)10-8-14/h4-11H,3,12H2,1-2H3,(H,18,19). The first-order valence-corrected chi connectivity index (χ1v) is 8.09. The van der Waals surface area contributed by atoms with Gasteiger partial charge in [-0.3, -0.25) is 4.79 Å². The fourth-order valence-electron chi connectivity index (χ4n) is 1.94. The van der Waals surface area contributed by atoms with E-state index in [0.29, 0.717) is 18.7 Å². The van der Waals surface area contributed by atoms with Crippen LogP contribution in [0.15, 0.2) is 53.4 Å². The molecular formula is C17H19NO2S. The zero-order chi connectivity index (χ0) is 15.1. The van der Waals surface area contributed by atoms with Crippen LogP contribution in [0.3, 0.4) is 0 Å². The van der Waals surface area contributed by atoms with Crippen molar-refractivity contribution in [3.8, 4) is 5.75 Å². The van der Waals surface area contributed by atoms with Gasteiger partial charge in [-0.15, -0.1) is 11.8 Å². The van der Waals surface area contributed by atoms with Crippen LogP contribution in [0, 0.1) is 0 Å². The lowest BCUT2D eigenvalue weighted by Crippen LogP contribution is -2.22. The molecule has 0 aliphatic heterocycles. The number of benzene rings is 2. The van der Waals surface area contributed by atoms with Gasteiger partial charge in [-0.1, -0.05) is 12.1 Å². The molecule has 3 nitrogen and oxygen atoms in total. The smallest absolute Gasteiger partial charge is 0.251 e. The quantitative estimate of drug-likeness (QED) is 0.826. The molecule has 2 rings (SSSR count). The van der Waals surface area contributed by atoms with Crippen molar-refractivity contribution in [3.63, 3.8) is 0 Å². The normalized spacial score (nSPS) is 10.2. The highest BCUT2D eigenvalue weighted by Crippen LogP contribution is 2.15. The number of rotatable bonds is 6. The fourth-order valence-corrected chi connectivity index (χ4v) is 2.35. The molecule has 1 N–H and O–H groups in total. The van der Waals surface area contributed by atoms with Gasteiger partial charge in [0.05, 0.1) is 6.61 Å². The Balaban J connectivity index is 1.95. The highest BCUT2D eigenvalue weighted by atomic mass is 32.2. The number of amides is 1. The maximum Gasteiger partial charge on any atom is 0.251 e. The summed E-state index contributed by atoms with van der Waals surface area (Å²) >= 11 is 1.66. The van der Waals surface area contributed by atoms with Crippen molar-refractivity contribution in [2.24, 2.45) is 0 Å². The number of ether oxygens (including phenoxy) is 1. The van der Waals surface area contributed by atoms with E-state index in [0.717, 1.165) is 16.2 Å². The lowest BCUT2D eigenvalue weighted by molar-refractivity contribution is 0.0951. The van der Waals surface area contributed by atoms with Crippen LogP contribution in [0.2, 0.25) is 0 Å². The summed E-state index contributed by atoms with van der Waals surface area (Å²) < 4.78 is 5.45. The van der Waals surface area contributed by atoms with Crippen LogP contribution in [0.1, 0.15) is 22.8 Å². The van der Waals surface area contributed by atoms with Crippen molar-refractivity contribution in [3.05, 3.63) is 59.7 Å². The highest BCUT2D eigenvalue weighted by Gasteiger charge is 2.05. The van der Waals surface area contributed by atoms with E-state index >= 15 is 0 Å². The van der Waals surface area contributed by atoms with E-state index in [9.17, 15) is 4.79 Å². The molecule has 0 unspecified atom stereocenters. The monoisotopic (exact) mass is 301 g/mol. The Bertz CT molecular complexity index is 596. The van der Waals surface area contributed by atoms with Crippen molar-refractivity contribution in [2.45, 2.75) is 18.4 Å². The molecule has 0 fully saturated rings. The Morgan fingerprint density at radius 3 is 2.62 bits per heavy atom. The SMILES string of the molecule is CCOc1cccc(CNC(=O)c2ccc(SC)cc2)c1. The Labute approximate surface area is 129 Å². The maximum atomic E-state index is 12.1. The third-order valence-corrected chi connectivity index (χ3v) is 3.76. The van der Waals surface area contributed by atoms with Gasteiger partial charge in [-0.2, -0.15) is 0 Å². The second kappa shape index (κ2) is 7.74. The molecule has 0 aliphatic rings. The Morgan fingerprint density at radius 1 is 1.19 bits per heavy atom. The second-order valence-corrected chi connectivity index (χ2v) is 5.37. The number of carbonyl (C=O) groups excluding carboxylic acids is 1. The minimum Gasteiger partial charge on any atom is -0.494 e. The van der Waals surface area contributed by atoms with E-state index in [1.54, 1.807) is 11.8 Å². The maximum absolute atomic E-state index is 12.1. The summed E-state index contributed by atoms with van der Waals surface area (Å²) in [5, 5.41) is 2.92. The lowest BCUT2D eigenvalue weighted by atomic mass is 10.2. The van der Waals surface area contributed by atoms with Crippen LogP contribution in [-0.2, 0) is 6.54 Å². The van der Waals surface area contributed by atoms with E-state index in [-0.39, 0.29) is 5.91 Å². The van der Waals surface area contributed by atoms with E-state index in [1.165, 1.54) is 0 Å². The third-order valence-electron chi connectivity index (χ3n) is 3.01. The number of hydrogen-bond donors (Lipinski definition) is 1. The predicted molar refractivity (Wildman–Crippen MR) is 87.0 cm³/mol. The molecular weight excluding hydrogens is 282 g/mol. The summed E-state index contributed by atoms with van der Waals surface area (Å²) in [6, 6.07) is 15.4. The summed E-state index contributed by atoms with van der Waals surface area (Å²) in [5.74, 6) is 0.762. The van der Waals surface area contributed by atoms with Crippen molar-refractivity contribution in [2.75, 3.05) is 12.9 Å². The Morgan fingerprint density at radius 2 is 1.95 bits per heavy atom. The Kier molecular flexibility index (Phi) is 5.69. The molecule has 0 saturated heterocycles. The van der Waals surface area contributed by atoms with Gasteiger partial charge in [0.25, 0.3) is 5.91 Å². The number of carbonyl (C=O) groups is 1. The molecule has 110 valence electrons. The summed E-state index contributed by atoms with van der Waals surface area (Å²) in [6.07, 6.45) is 2.01. The molecule has 4 heteroatoms. The van der Waals surface area contributed by atoms with Gasteiger partial charge in [0.2, 0.25) is 0 Å². The topological polar surface area (TPSA) is 38.3 Å². The van der Waals surface area contributed by atoms with Crippen molar-refractivity contribution < 1.29 is 9.53 Å². The molecule has 0 heterocycles. The van der Waals surface area contributed by atoms with E-state index < -0.39 is 0 Å². The van der Waals surface area contributed by atoms with Crippen LogP contribution >= 0.6 is 11.8 Å². The fraction of sp³-hybridized carbons (Fsp3) is 0.235. The van der Waals surface area contributed by atoms with Crippen LogP contribution in [0.4, 0.5) is 0 Å². The van der Waals surface area contributed by atoms with Crippen molar-refractivity contribution in [1.29, 1.82) is 0 Å². The Hall–Kier alpha value is -1.94.